The van der Waals surface area contributed by atoms with Crippen LogP contribution in [0.25, 0.3) is 11.3 Å². The fourth-order valence-electron chi connectivity index (χ4n) is 1.33. The molecule has 1 aromatic heterocycles. The van der Waals surface area contributed by atoms with E-state index in [2.05, 4.69) is 5.16 Å². The molecule has 0 aliphatic rings. The molecule has 16 heavy (non-hydrogen) atoms. The van der Waals surface area contributed by atoms with Gasteiger partial charge in [0.05, 0.1) is 6.04 Å². The molecule has 0 spiro atoms. The molecule has 84 valence electrons. The molecule has 2 aromatic rings. The zero-order valence-electron chi connectivity index (χ0n) is 8.58. The van der Waals surface area contributed by atoms with Crippen molar-refractivity contribution in [1.29, 1.82) is 0 Å². The highest BCUT2D eigenvalue weighted by atomic mass is 35.5. The Hall–Kier alpha value is -1.39. The quantitative estimate of drug-likeness (QED) is 0.877. The molecular formula is C11H10ClFN2O. The second-order valence-electron chi connectivity index (χ2n) is 3.53. The Bertz CT molecular complexity index is 510. The van der Waals surface area contributed by atoms with Crippen molar-refractivity contribution in [2.45, 2.75) is 13.0 Å². The maximum absolute atomic E-state index is 13.5. The van der Waals surface area contributed by atoms with E-state index < -0.39 is 5.82 Å². The first kappa shape index (κ1) is 11.1. The number of aromatic nitrogens is 1. The highest BCUT2D eigenvalue weighted by Gasteiger charge is 2.13. The molecule has 0 saturated heterocycles. The molecule has 0 fully saturated rings. The Labute approximate surface area is 97.0 Å². The van der Waals surface area contributed by atoms with Gasteiger partial charge in [-0.3, -0.25) is 0 Å². The van der Waals surface area contributed by atoms with Gasteiger partial charge in [-0.05, 0) is 25.1 Å². The number of nitrogens with zero attached hydrogens (tertiary/aromatic N) is 1. The van der Waals surface area contributed by atoms with Crippen LogP contribution in [0.3, 0.4) is 0 Å². The molecular weight excluding hydrogens is 231 g/mol. The monoisotopic (exact) mass is 240 g/mol. The largest absolute Gasteiger partial charge is 0.359 e. The summed E-state index contributed by atoms with van der Waals surface area (Å²) in [5, 5.41) is 4.10. The van der Waals surface area contributed by atoms with Crippen molar-refractivity contribution in [2.24, 2.45) is 5.73 Å². The standard InChI is InChI=1S/C11H10ClFN2O/c1-6(14)11-5-10(15-16-11)8-3-2-7(12)4-9(8)13/h2-6H,14H2,1H3. The lowest BCUT2D eigenvalue weighted by atomic mass is 10.1. The first-order chi connectivity index (χ1) is 7.58. The minimum absolute atomic E-state index is 0.267. The summed E-state index contributed by atoms with van der Waals surface area (Å²) in [7, 11) is 0. The SMILES string of the molecule is CC(N)c1cc(-c2ccc(Cl)cc2F)no1. The van der Waals surface area contributed by atoms with Gasteiger partial charge in [-0.25, -0.2) is 4.39 Å². The number of rotatable bonds is 2. The van der Waals surface area contributed by atoms with E-state index in [4.69, 9.17) is 21.9 Å². The van der Waals surface area contributed by atoms with Crippen molar-refractivity contribution in [2.75, 3.05) is 0 Å². The number of halogens is 2. The summed E-state index contributed by atoms with van der Waals surface area (Å²) in [4.78, 5) is 0. The van der Waals surface area contributed by atoms with Crippen LogP contribution in [0.2, 0.25) is 5.02 Å². The summed E-state index contributed by atoms with van der Waals surface area (Å²) in [6.45, 7) is 1.77. The van der Waals surface area contributed by atoms with E-state index in [0.717, 1.165) is 0 Å². The smallest absolute Gasteiger partial charge is 0.153 e. The van der Waals surface area contributed by atoms with E-state index in [9.17, 15) is 4.39 Å². The molecule has 1 atom stereocenters. The minimum Gasteiger partial charge on any atom is -0.359 e. The molecule has 3 nitrogen and oxygen atoms in total. The van der Waals surface area contributed by atoms with Gasteiger partial charge in [-0.1, -0.05) is 16.8 Å². The van der Waals surface area contributed by atoms with Gasteiger partial charge in [0, 0.05) is 16.7 Å². The highest BCUT2D eigenvalue weighted by molar-refractivity contribution is 6.30. The molecule has 0 bridgehead atoms. The molecule has 0 radical (unpaired) electrons. The van der Waals surface area contributed by atoms with E-state index in [1.165, 1.54) is 6.07 Å². The van der Waals surface area contributed by atoms with Crippen LogP contribution in [0.4, 0.5) is 4.39 Å². The van der Waals surface area contributed by atoms with Gasteiger partial charge in [0.15, 0.2) is 5.76 Å². The van der Waals surface area contributed by atoms with E-state index in [-0.39, 0.29) is 6.04 Å². The summed E-state index contributed by atoms with van der Waals surface area (Å²) in [5.41, 5.74) is 6.38. The second-order valence-corrected chi connectivity index (χ2v) is 3.96. The predicted molar refractivity (Wildman–Crippen MR) is 59.5 cm³/mol. The lowest BCUT2D eigenvalue weighted by Crippen LogP contribution is -2.02. The summed E-state index contributed by atoms with van der Waals surface area (Å²) in [6.07, 6.45) is 0. The minimum atomic E-state index is -0.433. The molecule has 2 N–H and O–H groups in total. The Morgan fingerprint density at radius 1 is 1.44 bits per heavy atom. The van der Waals surface area contributed by atoms with E-state index in [1.807, 2.05) is 0 Å². The van der Waals surface area contributed by atoms with E-state index >= 15 is 0 Å². The van der Waals surface area contributed by atoms with Crippen LogP contribution >= 0.6 is 11.6 Å². The van der Waals surface area contributed by atoms with Gasteiger partial charge in [0.1, 0.15) is 11.5 Å². The molecule has 1 unspecified atom stereocenters. The highest BCUT2D eigenvalue weighted by Crippen LogP contribution is 2.26. The normalized spacial score (nSPS) is 12.8. The van der Waals surface area contributed by atoms with Gasteiger partial charge in [-0.15, -0.1) is 0 Å². The maximum atomic E-state index is 13.5. The van der Waals surface area contributed by atoms with Crippen LogP contribution in [0.5, 0.6) is 0 Å². The predicted octanol–water partition coefficient (Wildman–Crippen LogP) is 3.15. The van der Waals surface area contributed by atoms with Gasteiger partial charge in [0.25, 0.3) is 0 Å². The Morgan fingerprint density at radius 3 is 2.75 bits per heavy atom. The van der Waals surface area contributed by atoms with Gasteiger partial charge < -0.3 is 10.3 Å². The number of nitrogens with two attached hydrogens (primary N) is 1. The molecule has 0 saturated carbocycles. The zero-order valence-corrected chi connectivity index (χ0v) is 9.33. The van der Waals surface area contributed by atoms with Crippen molar-refractivity contribution in [3.63, 3.8) is 0 Å². The number of hydrogen-bond donors (Lipinski definition) is 1. The average Bonchev–Trinajstić information content (AvgIpc) is 2.66. The Morgan fingerprint density at radius 2 is 2.19 bits per heavy atom. The third-order valence-corrected chi connectivity index (χ3v) is 2.42. The molecule has 1 heterocycles. The number of hydrogen-bond acceptors (Lipinski definition) is 3. The van der Waals surface area contributed by atoms with Crippen molar-refractivity contribution in [1.82, 2.24) is 5.16 Å². The molecule has 1 aromatic carbocycles. The van der Waals surface area contributed by atoms with Crippen LogP contribution in [0.15, 0.2) is 28.8 Å². The van der Waals surface area contributed by atoms with E-state index in [0.29, 0.717) is 22.0 Å². The van der Waals surface area contributed by atoms with Crippen LogP contribution in [-0.4, -0.2) is 5.16 Å². The van der Waals surface area contributed by atoms with Gasteiger partial charge in [-0.2, -0.15) is 0 Å². The van der Waals surface area contributed by atoms with Crippen LogP contribution in [0, 0.1) is 5.82 Å². The lowest BCUT2D eigenvalue weighted by molar-refractivity contribution is 0.369. The second kappa shape index (κ2) is 4.23. The summed E-state index contributed by atoms with van der Waals surface area (Å²) < 4.78 is 18.5. The van der Waals surface area contributed by atoms with E-state index in [1.54, 1.807) is 25.1 Å². The van der Waals surface area contributed by atoms with Gasteiger partial charge in [0.2, 0.25) is 0 Å². The molecule has 0 amide bonds. The molecule has 0 aliphatic heterocycles. The van der Waals surface area contributed by atoms with Crippen LogP contribution in [0.1, 0.15) is 18.7 Å². The fraction of sp³-hybridized carbons (Fsp3) is 0.182. The Kier molecular flexibility index (Phi) is 2.94. The van der Waals surface area contributed by atoms with Crippen LogP contribution < -0.4 is 5.73 Å². The number of benzene rings is 1. The lowest BCUT2D eigenvalue weighted by Gasteiger charge is -1.98. The zero-order chi connectivity index (χ0) is 11.7. The first-order valence-electron chi connectivity index (χ1n) is 4.75. The summed E-state index contributed by atoms with van der Waals surface area (Å²) in [6, 6.07) is 5.74. The topological polar surface area (TPSA) is 52.0 Å². The van der Waals surface area contributed by atoms with Gasteiger partial charge >= 0.3 is 0 Å². The molecule has 5 heteroatoms. The molecule has 0 aliphatic carbocycles. The Balaban J connectivity index is 2.42. The third kappa shape index (κ3) is 2.08. The first-order valence-corrected chi connectivity index (χ1v) is 5.13. The summed E-state index contributed by atoms with van der Waals surface area (Å²) in [5.74, 6) is 0.0846. The van der Waals surface area contributed by atoms with Crippen molar-refractivity contribution in [3.8, 4) is 11.3 Å². The summed E-state index contributed by atoms with van der Waals surface area (Å²) >= 11 is 5.66. The molecule has 2 rings (SSSR count). The van der Waals surface area contributed by atoms with Crippen molar-refractivity contribution < 1.29 is 8.91 Å². The third-order valence-electron chi connectivity index (χ3n) is 2.18. The maximum Gasteiger partial charge on any atom is 0.153 e. The average molecular weight is 241 g/mol. The fourth-order valence-corrected chi connectivity index (χ4v) is 1.49. The van der Waals surface area contributed by atoms with Crippen molar-refractivity contribution in [3.05, 3.63) is 40.9 Å². The van der Waals surface area contributed by atoms with Crippen molar-refractivity contribution >= 4 is 11.6 Å². The van der Waals surface area contributed by atoms with Crippen LogP contribution in [-0.2, 0) is 0 Å².